The molecule has 0 radical (unpaired) electrons. The largest absolute Gasteiger partial charge is 0.493 e. The van der Waals surface area contributed by atoms with E-state index >= 15 is 0 Å². The van der Waals surface area contributed by atoms with Crippen LogP contribution in [0.1, 0.15) is 23.0 Å². The molecule has 1 N–H and O–H groups in total. The second-order valence-corrected chi connectivity index (χ2v) is 4.00. The van der Waals surface area contributed by atoms with Crippen molar-refractivity contribution in [2.75, 3.05) is 7.11 Å². The van der Waals surface area contributed by atoms with Gasteiger partial charge >= 0.3 is 5.97 Å². The summed E-state index contributed by atoms with van der Waals surface area (Å²) in [4.78, 5) is 10.7. The zero-order valence-corrected chi connectivity index (χ0v) is 11.2. The first-order valence-corrected chi connectivity index (χ1v) is 6.05. The number of carbonyl (C=O) groups is 1. The number of methoxy groups -OCH3 is 1. The van der Waals surface area contributed by atoms with Gasteiger partial charge in [0.05, 0.1) is 7.11 Å². The third-order valence-corrected chi connectivity index (χ3v) is 2.71. The van der Waals surface area contributed by atoms with Crippen molar-refractivity contribution in [3.63, 3.8) is 0 Å². The maximum atomic E-state index is 10.7. The van der Waals surface area contributed by atoms with Crippen LogP contribution in [-0.2, 0) is 6.42 Å². The van der Waals surface area contributed by atoms with Gasteiger partial charge in [0.25, 0.3) is 0 Å². The Morgan fingerprint density at radius 3 is 2.55 bits per heavy atom. The van der Waals surface area contributed by atoms with E-state index in [1.807, 2.05) is 19.1 Å². The van der Waals surface area contributed by atoms with Gasteiger partial charge in [0.2, 0.25) is 5.88 Å². The fraction of sp³-hybridized carbons (Fsp3) is 0.214. The van der Waals surface area contributed by atoms with Gasteiger partial charge in [-0.3, -0.25) is 0 Å². The number of hydrogen-bond donors (Lipinski definition) is 1. The van der Waals surface area contributed by atoms with Crippen molar-refractivity contribution in [1.82, 2.24) is 10.2 Å². The molecule has 2 rings (SSSR count). The van der Waals surface area contributed by atoms with Crippen molar-refractivity contribution in [2.45, 2.75) is 13.3 Å². The van der Waals surface area contributed by atoms with E-state index in [4.69, 9.17) is 14.6 Å². The maximum Gasteiger partial charge on any atom is 0.356 e. The third kappa shape index (κ3) is 3.03. The van der Waals surface area contributed by atoms with Crippen LogP contribution in [-0.4, -0.2) is 28.4 Å². The molecule has 6 heteroatoms. The van der Waals surface area contributed by atoms with Crippen LogP contribution in [0.3, 0.4) is 0 Å². The molecule has 0 atom stereocenters. The van der Waals surface area contributed by atoms with E-state index in [-0.39, 0.29) is 11.6 Å². The molecule has 1 heterocycles. The molecule has 0 aliphatic heterocycles. The van der Waals surface area contributed by atoms with Gasteiger partial charge in [-0.05, 0) is 30.2 Å². The third-order valence-electron chi connectivity index (χ3n) is 2.71. The number of aryl methyl sites for hydroxylation is 1. The Bertz CT molecular complexity index is 611. The van der Waals surface area contributed by atoms with E-state index in [9.17, 15) is 4.79 Å². The maximum absolute atomic E-state index is 10.7. The van der Waals surface area contributed by atoms with Crippen LogP contribution in [0.4, 0.5) is 0 Å². The topological polar surface area (TPSA) is 81.5 Å². The molecule has 0 bridgehead atoms. The molecule has 6 nitrogen and oxygen atoms in total. The van der Waals surface area contributed by atoms with E-state index in [2.05, 4.69) is 10.2 Å². The molecule has 0 saturated heterocycles. The molecule has 0 fully saturated rings. The molecule has 0 saturated carbocycles. The summed E-state index contributed by atoms with van der Waals surface area (Å²) in [6, 6.07) is 8.37. The summed E-state index contributed by atoms with van der Waals surface area (Å²) in [5, 5.41) is 16.0. The predicted molar refractivity (Wildman–Crippen MR) is 71.4 cm³/mol. The Balaban J connectivity index is 2.23. The minimum absolute atomic E-state index is 0.134. The Morgan fingerprint density at radius 1 is 1.20 bits per heavy atom. The van der Waals surface area contributed by atoms with Crippen molar-refractivity contribution >= 4 is 5.97 Å². The first-order valence-electron chi connectivity index (χ1n) is 6.05. The molecule has 104 valence electrons. The van der Waals surface area contributed by atoms with Crippen LogP contribution < -0.4 is 9.47 Å². The van der Waals surface area contributed by atoms with E-state index < -0.39 is 5.97 Å². The van der Waals surface area contributed by atoms with Crippen molar-refractivity contribution in [1.29, 1.82) is 0 Å². The highest BCUT2D eigenvalue weighted by atomic mass is 16.5. The highest BCUT2D eigenvalue weighted by Crippen LogP contribution is 2.31. The Labute approximate surface area is 116 Å². The van der Waals surface area contributed by atoms with Crippen LogP contribution in [0, 0.1) is 0 Å². The van der Waals surface area contributed by atoms with Gasteiger partial charge in [0.15, 0.2) is 17.2 Å². The molecule has 0 spiro atoms. The SMILES string of the molecule is CCc1ccc(Oc2ccc(C(=O)O)nn2)c(OC)c1. The molecule has 1 aromatic carbocycles. The van der Waals surface area contributed by atoms with Gasteiger partial charge in [-0.2, -0.15) is 0 Å². The van der Waals surface area contributed by atoms with Gasteiger partial charge in [-0.1, -0.05) is 13.0 Å². The number of ether oxygens (including phenoxy) is 2. The van der Waals surface area contributed by atoms with Crippen LogP contribution in [0.5, 0.6) is 17.4 Å². The lowest BCUT2D eigenvalue weighted by molar-refractivity contribution is 0.0689. The molecule has 0 aliphatic carbocycles. The molecule has 0 unspecified atom stereocenters. The van der Waals surface area contributed by atoms with Gasteiger partial charge in [0, 0.05) is 6.07 Å². The van der Waals surface area contributed by atoms with E-state index in [1.165, 1.54) is 12.1 Å². The van der Waals surface area contributed by atoms with Gasteiger partial charge < -0.3 is 14.6 Å². The first kappa shape index (κ1) is 13.8. The summed E-state index contributed by atoms with van der Waals surface area (Å²) >= 11 is 0. The lowest BCUT2D eigenvalue weighted by atomic mass is 10.1. The summed E-state index contributed by atoms with van der Waals surface area (Å²) in [5.74, 6) is 0.169. The number of aromatic carboxylic acids is 1. The molecule has 1 aromatic heterocycles. The summed E-state index contributed by atoms with van der Waals surface area (Å²) in [6.07, 6.45) is 0.893. The lowest BCUT2D eigenvalue weighted by Gasteiger charge is -2.10. The predicted octanol–water partition coefficient (Wildman–Crippen LogP) is 2.54. The minimum atomic E-state index is -1.13. The van der Waals surface area contributed by atoms with Crippen molar-refractivity contribution < 1.29 is 19.4 Å². The van der Waals surface area contributed by atoms with Crippen molar-refractivity contribution in [3.05, 3.63) is 41.6 Å². The number of hydrogen-bond acceptors (Lipinski definition) is 5. The van der Waals surface area contributed by atoms with E-state index in [0.717, 1.165) is 12.0 Å². The molecule has 0 amide bonds. The standard InChI is InChI=1S/C14H14N2O4/c1-3-9-4-6-11(12(8-9)19-2)20-13-7-5-10(14(17)18)15-16-13/h4-8H,3H2,1-2H3,(H,17,18). The fourth-order valence-electron chi connectivity index (χ4n) is 1.62. The van der Waals surface area contributed by atoms with E-state index in [1.54, 1.807) is 13.2 Å². The summed E-state index contributed by atoms with van der Waals surface area (Å²) < 4.78 is 10.8. The van der Waals surface area contributed by atoms with Gasteiger partial charge in [-0.15, -0.1) is 10.2 Å². The zero-order valence-electron chi connectivity index (χ0n) is 11.2. The minimum Gasteiger partial charge on any atom is -0.493 e. The second-order valence-electron chi connectivity index (χ2n) is 4.00. The number of nitrogens with zero attached hydrogens (tertiary/aromatic N) is 2. The Morgan fingerprint density at radius 2 is 2.00 bits per heavy atom. The van der Waals surface area contributed by atoms with Crippen LogP contribution in [0.15, 0.2) is 30.3 Å². The number of rotatable bonds is 5. The second kappa shape index (κ2) is 6.01. The van der Waals surface area contributed by atoms with Crippen LogP contribution in [0.2, 0.25) is 0 Å². The monoisotopic (exact) mass is 274 g/mol. The Kier molecular flexibility index (Phi) is 4.14. The Hall–Kier alpha value is -2.63. The number of aromatic nitrogens is 2. The summed E-state index contributed by atoms with van der Waals surface area (Å²) in [6.45, 7) is 2.05. The van der Waals surface area contributed by atoms with Crippen LogP contribution in [0.25, 0.3) is 0 Å². The molecule has 2 aromatic rings. The smallest absolute Gasteiger partial charge is 0.356 e. The average Bonchev–Trinajstić information content (AvgIpc) is 2.48. The molecule has 20 heavy (non-hydrogen) atoms. The number of carboxylic acids is 1. The zero-order chi connectivity index (χ0) is 14.5. The van der Waals surface area contributed by atoms with Crippen molar-refractivity contribution in [2.24, 2.45) is 0 Å². The highest BCUT2D eigenvalue weighted by molar-refractivity contribution is 5.84. The quantitative estimate of drug-likeness (QED) is 0.902. The normalized spacial score (nSPS) is 10.1. The highest BCUT2D eigenvalue weighted by Gasteiger charge is 2.09. The lowest BCUT2D eigenvalue weighted by Crippen LogP contribution is -2.02. The number of carboxylic acid groups (broad SMARTS) is 1. The number of benzene rings is 1. The van der Waals surface area contributed by atoms with Crippen LogP contribution >= 0.6 is 0 Å². The van der Waals surface area contributed by atoms with Gasteiger partial charge in [-0.25, -0.2) is 4.79 Å². The summed E-state index contributed by atoms with van der Waals surface area (Å²) in [5.41, 5.74) is 0.993. The fourth-order valence-corrected chi connectivity index (χ4v) is 1.62. The van der Waals surface area contributed by atoms with Crippen molar-refractivity contribution in [3.8, 4) is 17.4 Å². The van der Waals surface area contributed by atoms with E-state index in [0.29, 0.717) is 11.5 Å². The van der Waals surface area contributed by atoms with Gasteiger partial charge in [0.1, 0.15) is 0 Å². The average molecular weight is 274 g/mol. The summed E-state index contributed by atoms with van der Waals surface area (Å²) in [7, 11) is 1.56. The molecular formula is C14H14N2O4. The first-order chi connectivity index (χ1) is 9.63. The molecular weight excluding hydrogens is 260 g/mol. The molecule has 0 aliphatic rings.